The summed E-state index contributed by atoms with van der Waals surface area (Å²) >= 11 is 0. The molecule has 3 rings (SSSR count). The number of hydrogen-bond donors (Lipinski definition) is 2. The molecule has 3 N–H and O–H groups in total. The van der Waals surface area contributed by atoms with Gasteiger partial charge >= 0.3 is 6.09 Å². The van der Waals surface area contributed by atoms with Gasteiger partial charge in [-0.3, -0.25) is 14.4 Å². The van der Waals surface area contributed by atoms with Crippen LogP contribution in [0.2, 0.25) is 0 Å². The van der Waals surface area contributed by atoms with Crippen LogP contribution >= 0.6 is 0 Å². The number of carbonyl (C=O) groups excluding carboxylic acids is 3. The van der Waals surface area contributed by atoms with Crippen LogP contribution in [0.5, 0.6) is 5.75 Å². The Morgan fingerprint density at radius 2 is 1.90 bits per heavy atom. The van der Waals surface area contributed by atoms with E-state index in [1.54, 1.807) is 26.8 Å². The molecule has 0 spiro atoms. The van der Waals surface area contributed by atoms with Crippen molar-refractivity contribution in [2.75, 3.05) is 11.9 Å². The number of amides is 2. The molecule has 2 aromatic heterocycles. The Labute approximate surface area is 233 Å². The Morgan fingerprint density at radius 3 is 2.56 bits per heavy atom. The molecule has 0 saturated heterocycles. The summed E-state index contributed by atoms with van der Waals surface area (Å²) in [6, 6.07) is 6.35. The van der Waals surface area contributed by atoms with Gasteiger partial charge in [0, 0.05) is 24.1 Å². The van der Waals surface area contributed by atoms with E-state index >= 15 is 0 Å². The quantitative estimate of drug-likeness (QED) is 0.254. The number of rotatable bonds is 11. The average molecular weight is 577 g/mol. The molecule has 0 saturated carbocycles. The highest BCUT2D eigenvalue weighted by Gasteiger charge is 2.25. The summed E-state index contributed by atoms with van der Waals surface area (Å²) in [6.07, 6.45) is 1.38. The molecule has 0 unspecified atom stereocenters. The third kappa shape index (κ3) is 8.72. The molecule has 0 aliphatic rings. The fraction of sp³-hybridized carbons (Fsp3) is 0.357. The summed E-state index contributed by atoms with van der Waals surface area (Å²) in [5.74, 6) is -2.09. The smallest absolute Gasteiger partial charge is 0.419 e. The second-order valence-electron chi connectivity index (χ2n) is 10.1. The van der Waals surface area contributed by atoms with Gasteiger partial charge in [-0.2, -0.15) is 0 Å². The van der Waals surface area contributed by atoms with E-state index < -0.39 is 47.9 Å². The van der Waals surface area contributed by atoms with Gasteiger partial charge in [0.25, 0.3) is 12.0 Å². The summed E-state index contributed by atoms with van der Waals surface area (Å²) in [7, 11) is 0. The van der Waals surface area contributed by atoms with Crippen LogP contribution in [0.25, 0.3) is 10.9 Å². The largest absolute Gasteiger partial charge is 0.485 e. The van der Waals surface area contributed by atoms with E-state index in [0.29, 0.717) is 12.8 Å². The van der Waals surface area contributed by atoms with Gasteiger partial charge in [0.05, 0.1) is 12.2 Å². The van der Waals surface area contributed by atoms with E-state index in [9.17, 15) is 32.3 Å². The lowest BCUT2D eigenvalue weighted by Crippen LogP contribution is -2.30. The lowest BCUT2D eigenvalue weighted by Gasteiger charge is -2.21. The van der Waals surface area contributed by atoms with Gasteiger partial charge in [0.15, 0.2) is 0 Å². The van der Waals surface area contributed by atoms with Crippen molar-refractivity contribution in [2.45, 2.75) is 58.6 Å². The number of unbranched alkanes of at least 4 members (excludes halogenated alkanes) is 1. The van der Waals surface area contributed by atoms with Gasteiger partial charge in [-0.1, -0.05) is 6.08 Å². The van der Waals surface area contributed by atoms with E-state index in [-0.39, 0.29) is 41.0 Å². The maximum atomic E-state index is 14.4. The fourth-order valence-corrected chi connectivity index (χ4v) is 3.95. The number of allylic oxidation sites excluding steroid dienone is 1. The Bertz CT molecular complexity index is 1520. The van der Waals surface area contributed by atoms with Crippen LogP contribution in [-0.4, -0.2) is 45.7 Å². The highest BCUT2D eigenvalue weighted by Crippen LogP contribution is 2.32. The molecule has 0 bridgehead atoms. The Morgan fingerprint density at radius 1 is 1.17 bits per heavy atom. The number of ether oxygens (including phenoxy) is 2. The van der Waals surface area contributed by atoms with Crippen LogP contribution in [0.15, 0.2) is 53.5 Å². The van der Waals surface area contributed by atoms with Crippen molar-refractivity contribution in [3.63, 3.8) is 0 Å². The first kappa shape index (κ1) is 31.0. The summed E-state index contributed by atoms with van der Waals surface area (Å²) in [4.78, 5) is 49.5. The molecule has 13 heteroatoms. The van der Waals surface area contributed by atoms with E-state index in [0.717, 1.165) is 16.7 Å². The minimum atomic E-state index is -2.85. The number of primary amides is 1. The molecule has 41 heavy (non-hydrogen) atoms. The molecule has 0 aliphatic heterocycles. The Balaban J connectivity index is 1.96. The lowest BCUT2D eigenvalue weighted by atomic mass is 10.2. The lowest BCUT2D eigenvalue weighted by molar-refractivity contribution is -0.116. The highest BCUT2D eigenvalue weighted by atomic mass is 19.3. The molecule has 3 aromatic rings. The number of nitrogens with two attached hydrogens (primary N) is 1. The predicted octanol–water partition coefficient (Wildman–Crippen LogP) is 4.57. The van der Waals surface area contributed by atoms with Crippen LogP contribution < -0.4 is 21.3 Å². The molecule has 10 nitrogen and oxygen atoms in total. The van der Waals surface area contributed by atoms with E-state index in [2.05, 4.69) is 5.32 Å². The number of aromatic nitrogens is 2. The number of benzene rings is 1. The number of carbonyl (C=O) groups is 3. The van der Waals surface area contributed by atoms with Crippen molar-refractivity contribution < 1.29 is 37.0 Å². The van der Waals surface area contributed by atoms with Gasteiger partial charge in [-0.15, -0.1) is 0 Å². The number of hydrogen-bond acceptors (Lipinski definition) is 6. The molecule has 2 heterocycles. The molecule has 2 amide bonds. The van der Waals surface area contributed by atoms with Crippen LogP contribution in [-0.2, 0) is 20.9 Å². The van der Waals surface area contributed by atoms with Crippen molar-refractivity contribution in [1.82, 2.24) is 9.13 Å². The zero-order valence-electron chi connectivity index (χ0n) is 22.8. The molecule has 0 atom stereocenters. The maximum Gasteiger partial charge on any atom is 0.419 e. The van der Waals surface area contributed by atoms with Gasteiger partial charge in [0.2, 0.25) is 11.8 Å². The second kappa shape index (κ2) is 13.2. The second-order valence-corrected chi connectivity index (χ2v) is 10.1. The number of anilines is 1. The maximum absolute atomic E-state index is 14.4. The molecular formula is C28H31F3N4O6. The third-order valence-corrected chi connectivity index (χ3v) is 5.53. The first-order valence-corrected chi connectivity index (χ1v) is 12.7. The number of pyridine rings is 1. The molecule has 0 fully saturated rings. The third-order valence-electron chi connectivity index (χ3n) is 5.53. The SMILES string of the molecule is CC(C)(C)OC(=O)n1c(Cn2cccc(NC(=O)CCC/C=C/C(N)=O)c2=O)cc2cc(F)cc(OCC(F)F)c21. The monoisotopic (exact) mass is 576 g/mol. The Kier molecular flexibility index (Phi) is 9.98. The van der Waals surface area contributed by atoms with Crippen molar-refractivity contribution in [2.24, 2.45) is 5.73 Å². The van der Waals surface area contributed by atoms with Crippen LogP contribution in [0, 0.1) is 5.82 Å². The van der Waals surface area contributed by atoms with Crippen molar-refractivity contribution in [3.05, 3.63) is 70.5 Å². The molecule has 220 valence electrons. The molecule has 1 aromatic carbocycles. The van der Waals surface area contributed by atoms with Gasteiger partial charge in [-0.25, -0.2) is 22.5 Å². The van der Waals surface area contributed by atoms with Gasteiger partial charge in [-0.05, 0) is 64.0 Å². The topological polar surface area (TPSA) is 135 Å². The van der Waals surface area contributed by atoms with Crippen molar-refractivity contribution in [1.29, 1.82) is 0 Å². The highest BCUT2D eigenvalue weighted by molar-refractivity contribution is 5.95. The van der Waals surface area contributed by atoms with E-state index in [1.807, 2.05) is 0 Å². The number of fused-ring (bicyclic) bond motifs is 1. The van der Waals surface area contributed by atoms with Crippen molar-refractivity contribution >= 4 is 34.5 Å². The number of nitrogens with zero attached hydrogens (tertiary/aromatic N) is 2. The average Bonchev–Trinajstić information content (AvgIpc) is 3.21. The van der Waals surface area contributed by atoms with E-state index in [4.69, 9.17) is 15.2 Å². The minimum absolute atomic E-state index is 0.000749. The molecular weight excluding hydrogens is 545 g/mol. The normalized spacial score (nSPS) is 11.8. The fourth-order valence-electron chi connectivity index (χ4n) is 3.95. The summed E-state index contributed by atoms with van der Waals surface area (Å²) in [5, 5.41) is 2.71. The number of nitrogens with one attached hydrogen (secondary N) is 1. The predicted molar refractivity (Wildman–Crippen MR) is 146 cm³/mol. The number of halogens is 3. The Hall–Kier alpha value is -4.55. The minimum Gasteiger partial charge on any atom is -0.485 e. The van der Waals surface area contributed by atoms with Crippen LogP contribution in [0.3, 0.4) is 0 Å². The molecule has 0 aliphatic carbocycles. The number of alkyl halides is 2. The molecule has 0 radical (unpaired) electrons. The summed E-state index contributed by atoms with van der Waals surface area (Å²) in [6.45, 7) is 3.65. The van der Waals surface area contributed by atoms with Gasteiger partial charge in [0.1, 0.15) is 35.0 Å². The van der Waals surface area contributed by atoms with E-state index in [1.165, 1.54) is 35.0 Å². The zero-order valence-corrected chi connectivity index (χ0v) is 22.8. The first-order valence-electron chi connectivity index (χ1n) is 12.7. The van der Waals surface area contributed by atoms with Crippen LogP contribution in [0.4, 0.5) is 23.7 Å². The first-order chi connectivity index (χ1) is 19.2. The summed E-state index contributed by atoms with van der Waals surface area (Å²) in [5.41, 5.74) is 3.65. The van der Waals surface area contributed by atoms with Crippen LogP contribution in [0.1, 0.15) is 45.7 Å². The zero-order chi connectivity index (χ0) is 30.3. The standard InChI is InChI=1S/C28H31F3N4O6/c1-28(2,3)41-27(39)35-19(13-17-12-18(29)14-21(25(17)35)40-16-22(30)31)15-34-11-7-8-20(26(34)38)33-24(37)10-6-4-5-9-23(32)36/h5,7-9,11-14,22H,4,6,10,15-16H2,1-3H3,(H2,32,36)(H,33,37)/b9-5+. The van der Waals surface area contributed by atoms with Gasteiger partial charge < -0.3 is 25.1 Å². The summed E-state index contributed by atoms with van der Waals surface area (Å²) < 4.78 is 53.1. The van der Waals surface area contributed by atoms with Crippen molar-refractivity contribution in [3.8, 4) is 5.75 Å².